The molecular weight excluding hydrogens is 152 g/mol. The zero-order valence-corrected chi connectivity index (χ0v) is 7.96. The van der Waals surface area contributed by atoms with Crippen molar-refractivity contribution in [1.82, 2.24) is 0 Å². The lowest BCUT2D eigenvalue weighted by Crippen LogP contribution is -2.18. The quantitative estimate of drug-likeness (QED) is 0.467. The molecule has 68 valence electrons. The van der Waals surface area contributed by atoms with Crippen molar-refractivity contribution < 1.29 is 9.53 Å². The summed E-state index contributed by atoms with van der Waals surface area (Å²) >= 11 is 0. The Labute approximate surface area is 73.6 Å². The minimum absolute atomic E-state index is 0.00630. The summed E-state index contributed by atoms with van der Waals surface area (Å²) in [5.41, 5.74) is 1.31. The second-order valence-corrected chi connectivity index (χ2v) is 3.64. The Bertz CT molecular complexity index is 204. The van der Waals surface area contributed by atoms with Crippen molar-refractivity contribution in [2.24, 2.45) is 5.92 Å². The molecule has 1 aliphatic carbocycles. The van der Waals surface area contributed by atoms with Crippen molar-refractivity contribution in [3.8, 4) is 0 Å². The first-order valence-electron chi connectivity index (χ1n) is 4.47. The van der Waals surface area contributed by atoms with Crippen molar-refractivity contribution in [2.45, 2.75) is 39.7 Å². The van der Waals surface area contributed by atoms with E-state index in [0.717, 1.165) is 12.8 Å². The van der Waals surface area contributed by atoms with E-state index in [-0.39, 0.29) is 18.0 Å². The zero-order valence-electron chi connectivity index (χ0n) is 7.96. The molecule has 0 saturated heterocycles. The van der Waals surface area contributed by atoms with Gasteiger partial charge in [0.1, 0.15) is 0 Å². The maximum absolute atomic E-state index is 11.3. The van der Waals surface area contributed by atoms with E-state index in [1.807, 2.05) is 19.9 Å². The second-order valence-electron chi connectivity index (χ2n) is 3.64. The van der Waals surface area contributed by atoms with E-state index < -0.39 is 0 Å². The summed E-state index contributed by atoms with van der Waals surface area (Å²) in [6.45, 7) is 5.81. The van der Waals surface area contributed by atoms with Crippen LogP contribution in [0.2, 0.25) is 0 Å². The Morgan fingerprint density at radius 1 is 1.67 bits per heavy atom. The van der Waals surface area contributed by atoms with Crippen LogP contribution in [0.5, 0.6) is 0 Å². The topological polar surface area (TPSA) is 26.3 Å². The van der Waals surface area contributed by atoms with Gasteiger partial charge in [-0.05, 0) is 33.6 Å². The van der Waals surface area contributed by atoms with E-state index in [1.165, 1.54) is 5.57 Å². The number of carbonyl (C=O) groups excluding carboxylic acids is 1. The van der Waals surface area contributed by atoms with Crippen molar-refractivity contribution >= 4 is 5.97 Å². The lowest BCUT2D eigenvalue weighted by molar-refractivity contribution is -0.150. The monoisotopic (exact) mass is 168 g/mol. The van der Waals surface area contributed by atoms with Crippen LogP contribution in [0, 0.1) is 5.92 Å². The fourth-order valence-electron chi connectivity index (χ4n) is 1.40. The molecule has 0 aromatic rings. The van der Waals surface area contributed by atoms with Gasteiger partial charge in [-0.2, -0.15) is 0 Å². The lowest BCUT2D eigenvalue weighted by Gasteiger charge is -2.10. The van der Waals surface area contributed by atoms with Crippen LogP contribution in [-0.2, 0) is 9.53 Å². The first-order valence-corrected chi connectivity index (χ1v) is 4.47. The summed E-state index contributed by atoms with van der Waals surface area (Å²) < 4.78 is 5.10. The molecule has 2 nitrogen and oxygen atoms in total. The molecular formula is C10H16O2. The van der Waals surface area contributed by atoms with Gasteiger partial charge in [0.15, 0.2) is 0 Å². The second kappa shape index (κ2) is 3.74. The van der Waals surface area contributed by atoms with E-state index >= 15 is 0 Å². The lowest BCUT2D eigenvalue weighted by atomic mass is 10.1. The Morgan fingerprint density at radius 3 is 2.75 bits per heavy atom. The summed E-state index contributed by atoms with van der Waals surface area (Å²) in [6.07, 6.45) is 3.99. The molecule has 0 aromatic heterocycles. The average molecular weight is 168 g/mol. The smallest absolute Gasteiger partial charge is 0.313 e. The Hall–Kier alpha value is -0.790. The number of ether oxygens (including phenoxy) is 1. The third-order valence-corrected chi connectivity index (χ3v) is 1.99. The summed E-state index contributed by atoms with van der Waals surface area (Å²) in [5, 5.41) is 0. The van der Waals surface area contributed by atoms with Gasteiger partial charge in [0.05, 0.1) is 12.0 Å². The molecule has 0 N–H and O–H groups in total. The molecule has 1 atom stereocenters. The van der Waals surface area contributed by atoms with Crippen molar-refractivity contribution in [2.75, 3.05) is 0 Å². The highest BCUT2D eigenvalue weighted by atomic mass is 16.5. The van der Waals surface area contributed by atoms with Gasteiger partial charge in [-0.1, -0.05) is 11.6 Å². The van der Waals surface area contributed by atoms with Crippen LogP contribution in [0.4, 0.5) is 0 Å². The van der Waals surface area contributed by atoms with Gasteiger partial charge < -0.3 is 4.74 Å². The molecule has 2 heteroatoms. The standard InChI is InChI=1S/C10H16O2/c1-7(2)12-10(11)9-5-4-8(3)6-9/h6-7,9H,4-5H2,1-3H3. The SMILES string of the molecule is CC1=CC(C(=O)OC(C)C)CC1. The highest BCUT2D eigenvalue weighted by Crippen LogP contribution is 2.24. The molecule has 0 spiro atoms. The molecule has 0 fully saturated rings. The Balaban J connectivity index is 2.44. The van der Waals surface area contributed by atoms with E-state index in [1.54, 1.807) is 0 Å². The van der Waals surface area contributed by atoms with Crippen LogP contribution >= 0.6 is 0 Å². The molecule has 0 bridgehead atoms. The molecule has 0 aromatic carbocycles. The van der Waals surface area contributed by atoms with Crippen molar-refractivity contribution in [3.05, 3.63) is 11.6 Å². The number of rotatable bonds is 2. The molecule has 0 saturated carbocycles. The molecule has 0 radical (unpaired) electrons. The van der Waals surface area contributed by atoms with Crippen LogP contribution in [0.3, 0.4) is 0 Å². The number of carbonyl (C=O) groups is 1. The first kappa shape index (κ1) is 9.30. The normalized spacial score (nSPS) is 22.7. The molecule has 12 heavy (non-hydrogen) atoms. The third kappa shape index (κ3) is 2.36. The fourth-order valence-corrected chi connectivity index (χ4v) is 1.40. The van der Waals surface area contributed by atoms with Gasteiger partial charge in [-0.25, -0.2) is 0 Å². The van der Waals surface area contributed by atoms with Crippen LogP contribution in [0.1, 0.15) is 33.6 Å². The minimum Gasteiger partial charge on any atom is -0.463 e. The van der Waals surface area contributed by atoms with Gasteiger partial charge in [-0.3, -0.25) is 4.79 Å². The first-order chi connectivity index (χ1) is 5.59. The van der Waals surface area contributed by atoms with Gasteiger partial charge in [0, 0.05) is 0 Å². The van der Waals surface area contributed by atoms with Crippen LogP contribution in [0.15, 0.2) is 11.6 Å². The Morgan fingerprint density at radius 2 is 2.33 bits per heavy atom. The Kier molecular flexibility index (Phi) is 2.90. The predicted octanol–water partition coefficient (Wildman–Crippen LogP) is 2.29. The molecule has 1 unspecified atom stereocenters. The highest BCUT2D eigenvalue weighted by molar-refractivity contribution is 5.75. The maximum Gasteiger partial charge on any atom is 0.313 e. The zero-order chi connectivity index (χ0) is 9.14. The van der Waals surface area contributed by atoms with Crippen molar-refractivity contribution in [1.29, 1.82) is 0 Å². The summed E-state index contributed by atoms with van der Waals surface area (Å²) in [6, 6.07) is 0. The van der Waals surface area contributed by atoms with E-state index in [9.17, 15) is 4.79 Å². The van der Waals surface area contributed by atoms with Gasteiger partial charge >= 0.3 is 5.97 Å². The summed E-state index contributed by atoms with van der Waals surface area (Å²) in [7, 11) is 0. The van der Waals surface area contributed by atoms with Crippen LogP contribution < -0.4 is 0 Å². The highest BCUT2D eigenvalue weighted by Gasteiger charge is 2.22. The van der Waals surface area contributed by atoms with Crippen LogP contribution in [-0.4, -0.2) is 12.1 Å². The molecule has 0 aliphatic heterocycles. The molecule has 0 heterocycles. The minimum atomic E-state index is -0.0677. The third-order valence-electron chi connectivity index (χ3n) is 1.99. The van der Waals surface area contributed by atoms with E-state index in [4.69, 9.17) is 4.74 Å². The van der Waals surface area contributed by atoms with Gasteiger partial charge in [0.2, 0.25) is 0 Å². The summed E-state index contributed by atoms with van der Waals surface area (Å²) in [4.78, 5) is 11.3. The molecule has 1 rings (SSSR count). The van der Waals surface area contributed by atoms with E-state index in [2.05, 4.69) is 6.92 Å². The average Bonchev–Trinajstić information content (AvgIpc) is 2.34. The fraction of sp³-hybridized carbons (Fsp3) is 0.700. The number of hydrogen-bond donors (Lipinski definition) is 0. The number of hydrogen-bond acceptors (Lipinski definition) is 2. The van der Waals surface area contributed by atoms with Crippen LogP contribution in [0.25, 0.3) is 0 Å². The van der Waals surface area contributed by atoms with Gasteiger partial charge in [0.25, 0.3) is 0 Å². The molecule has 0 amide bonds. The number of esters is 1. The predicted molar refractivity (Wildman–Crippen MR) is 47.7 cm³/mol. The maximum atomic E-state index is 11.3. The van der Waals surface area contributed by atoms with Crippen molar-refractivity contribution in [3.63, 3.8) is 0 Å². The number of allylic oxidation sites excluding steroid dienone is 1. The van der Waals surface area contributed by atoms with Gasteiger partial charge in [-0.15, -0.1) is 0 Å². The summed E-state index contributed by atoms with van der Waals surface area (Å²) in [5.74, 6) is -0.0470. The van der Waals surface area contributed by atoms with E-state index in [0.29, 0.717) is 0 Å². The molecule has 1 aliphatic rings. The largest absolute Gasteiger partial charge is 0.463 e.